The number of hydrogen-bond acceptors (Lipinski definition) is 2. The number of benzene rings is 1. The summed E-state index contributed by atoms with van der Waals surface area (Å²) >= 11 is 0. The van der Waals surface area contributed by atoms with Gasteiger partial charge in [0.05, 0.1) is 11.1 Å². The highest BCUT2D eigenvalue weighted by Crippen LogP contribution is 2.39. The van der Waals surface area contributed by atoms with Crippen LogP contribution < -0.4 is 0 Å². The van der Waals surface area contributed by atoms with Crippen molar-refractivity contribution in [3.8, 4) is 0 Å². The van der Waals surface area contributed by atoms with Crippen LogP contribution in [0.25, 0.3) is 10.9 Å². The molecule has 0 spiro atoms. The molecule has 0 bridgehead atoms. The smallest absolute Gasteiger partial charge is 0.224 e. The predicted octanol–water partition coefficient (Wildman–Crippen LogP) is 3.32. The first-order chi connectivity index (χ1) is 12.0. The number of carbonyl (C=O) groups is 1. The Morgan fingerprint density at radius 3 is 3.04 bits per heavy atom. The van der Waals surface area contributed by atoms with Gasteiger partial charge in [-0.3, -0.25) is 4.79 Å². The molecule has 0 unspecified atom stereocenters. The Hall–Kier alpha value is -1.88. The van der Waals surface area contributed by atoms with Crippen LogP contribution in [0.3, 0.4) is 0 Å². The number of carbonyl (C=O) groups excluding carboxylic acids is 1. The van der Waals surface area contributed by atoms with Crippen LogP contribution in [0.1, 0.15) is 38.5 Å². The fraction of sp³-hybridized carbons (Fsp3) is 0.550. The SMILES string of the molecule is O=C(CCn1ccc2ccc(F)cc21)N1CC[C@@]2(O)CCCC[C@@H]2C1. The monoisotopic (exact) mass is 344 g/mol. The molecule has 1 amide bonds. The van der Waals surface area contributed by atoms with E-state index in [0.29, 0.717) is 32.5 Å². The number of aliphatic hydroxyl groups is 1. The molecule has 2 aliphatic rings. The molecular formula is C20H25FN2O2. The van der Waals surface area contributed by atoms with Gasteiger partial charge in [-0.15, -0.1) is 0 Å². The summed E-state index contributed by atoms with van der Waals surface area (Å²) in [6.45, 7) is 1.88. The van der Waals surface area contributed by atoms with Crippen LogP contribution in [-0.4, -0.2) is 39.2 Å². The van der Waals surface area contributed by atoms with E-state index in [1.54, 1.807) is 6.07 Å². The highest BCUT2D eigenvalue weighted by molar-refractivity contribution is 5.81. The van der Waals surface area contributed by atoms with Gasteiger partial charge in [0, 0.05) is 38.2 Å². The van der Waals surface area contributed by atoms with Crippen molar-refractivity contribution >= 4 is 16.8 Å². The molecule has 5 heteroatoms. The van der Waals surface area contributed by atoms with Gasteiger partial charge in [-0.05, 0) is 48.9 Å². The van der Waals surface area contributed by atoms with E-state index in [9.17, 15) is 14.3 Å². The number of nitrogens with zero attached hydrogens (tertiary/aromatic N) is 2. The van der Waals surface area contributed by atoms with Gasteiger partial charge in [-0.25, -0.2) is 4.39 Å². The van der Waals surface area contributed by atoms with Crippen LogP contribution in [0.15, 0.2) is 30.5 Å². The van der Waals surface area contributed by atoms with Crippen molar-refractivity contribution in [3.63, 3.8) is 0 Å². The summed E-state index contributed by atoms with van der Waals surface area (Å²) in [6.07, 6.45) is 7.15. The number of fused-ring (bicyclic) bond motifs is 2. The first-order valence-electron chi connectivity index (χ1n) is 9.30. The fourth-order valence-corrected chi connectivity index (χ4v) is 4.52. The van der Waals surface area contributed by atoms with E-state index in [1.807, 2.05) is 21.7 Å². The van der Waals surface area contributed by atoms with Gasteiger partial charge in [0.2, 0.25) is 5.91 Å². The molecule has 134 valence electrons. The van der Waals surface area contributed by atoms with Crippen LogP contribution >= 0.6 is 0 Å². The van der Waals surface area contributed by atoms with E-state index < -0.39 is 5.60 Å². The van der Waals surface area contributed by atoms with Crippen molar-refractivity contribution < 1.29 is 14.3 Å². The van der Waals surface area contributed by atoms with E-state index in [4.69, 9.17) is 0 Å². The standard InChI is InChI=1S/C20H25FN2O2/c21-17-5-4-15-6-10-22(18(15)13-17)11-7-19(24)23-12-9-20(25)8-2-1-3-16(20)14-23/h4-6,10,13,16,25H,1-3,7-9,11-12,14H2/t16-,20+/m1/s1. The lowest BCUT2D eigenvalue weighted by Gasteiger charge is -2.47. The van der Waals surface area contributed by atoms with E-state index in [0.717, 1.165) is 36.6 Å². The summed E-state index contributed by atoms with van der Waals surface area (Å²) in [4.78, 5) is 14.5. The molecule has 1 aliphatic heterocycles. The number of piperidine rings is 1. The van der Waals surface area contributed by atoms with Crippen molar-refractivity contribution in [3.05, 3.63) is 36.3 Å². The molecule has 2 atom stereocenters. The zero-order chi connectivity index (χ0) is 17.4. The zero-order valence-electron chi connectivity index (χ0n) is 14.5. The summed E-state index contributed by atoms with van der Waals surface area (Å²) in [7, 11) is 0. The van der Waals surface area contributed by atoms with Gasteiger partial charge in [0.25, 0.3) is 0 Å². The number of hydrogen-bond donors (Lipinski definition) is 1. The van der Waals surface area contributed by atoms with Crippen LogP contribution in [0, 0.1) is 11.7 Å². The summed E-state index contributed by atoms with van der Waals surface area (Å²) in [6, 6.07) is 6.68. The molecule has 0 radical (unpaired) electrons. The second kappa shape index (κ2) is 6.45. The fourth-order valence-electron chi connectivity index (χ4n) is 4.52. The number of rotatable bonds is 3. The van der Waals surface area contributed by atoms with Crippen molar-refractivity contribution in [1.82, 2.24) is 9.47 Å². The van der Waals surface area contributed by atoms with Crippen LogP contribution in [0.5, 0.6) is 0 Å². The van der Waals surface area contributed by atoms with Gasteiger partial charge >= 0.3 is 0 Å². The van der Waals surface area contributed by atoms with Crippen molar-refractivity contribution in [1.29, 1.82) is 0 Å². The van der Waals surface area contributed by atoms with E-state index >= 15 is 0 Å². The molecule has 2 fully saturated rings. The molecule has 1 N–H and O–H groups in total. The van der Waals surface area contributed by atoms with E-state index in [2.05, 4.69) is 0 Å². The number of aryl methyl sites for hydroxylation is 1. The maximum atomic E-state index is 13.5. The third-order valence-electron chi connectivity index (χ3n) is 6.08. The van der Waals surface area contributed by atoms with Crippen LogP contribution in [0.4, 0.5) is 4.39 Å². The van der Waals surface area contributed by atoms with Gasteiger partial charge in [0.1, 0.15) is 5.82 Å². The van der Waals surface area contributed by atoms with Gasteiger partial charge < -0.3 is 14.6 Å². The molecule has 1 aromatic heterocycles. The molecule has 25 heavy (non-hydrogen) atoms. The summed E-state index contributed by atoms with van der Waals surface area (Å²) in [5.41, 5.74) is 0.275. The Labute approximate surface area is 147 Å². The van der Waals surface area contributed by atoms with Crippen LogP contribution in [0.2, 0.25) is 0 Å². The Kier molecular flexibility index (Phi) is 4.28. The maximum absolute atomic E-state index is 13.5. The molecule has 4 rings (SSSR count). The quantitative estimate of drug-likeness (QED) is 0.928. The summed E-state index contributed by atoms with van der Waals surface area (Å²) in [5, 5.41) is 11.7. The lowest BCUT2D eigenvalue weighted by atomic mass is 9.71. The van der Waals surface area contributed by atoms with Gasteiger partial charge in [-0.1, -0.05) is 12.8 Å². The topological polar surface area (TPSA) is 45.5 Å². The maximum Gasteiger partial charge on any atom is 0.224 e. The average molecular weight is 344 g/mol. The predicted molar refractivity (Wildman–Crippen MR) is 94.6 cm³/mol. The number of likely N-dealkylation sites (tertiary alicyclic amines) is 1. The molecule has 2 heterocycles. The third-order valence-corrected chi connectivity index (χ3v) is 6.08. The second-order valence-electron chi connectivity index (χ2n) is 7.60. The van der Waals surface area contributed by atoms with Crippen molar-refractivity contribution in [2.75, 3.05) is 13.1 Å². The van der Waals surface area contributed by atoms with Gasteiger partial charge in [0.15, 0.2) is 0 Å². The molecule has 1 aromatic carbocycles. The summed E-state index contributed by atoms with van der Waals surface area (Å²) in [5.74, 6) is 0.0951. The lowest BCUT2D eigenvalue weighted by molar-refractivity contribution is -0.143. The molecule has 2 aromatic rings. The molecule has 4 nitrogen and oxygen atoms in total. The van der Waals surface area contributed by atoms with Gasteiger partial charge in [-0.2, -0.15) is 0 Å². The molecule has 1 saturated carbocycles. The Balaban J connectivity index is 1.40. The second-order valence-corrected chi connectivity index (χ2v) is 7.60. The highest BCUT2D eigenvalue weighted by atomic mass is 19.1. The Morgan fingerprint density at radius 2 is 2.16 bits per heavy atom. The first kappa shape index (κ1) is 16.6. The average Bonchev–Trinajstić information content (AvgIpc) is 3.01. The Bertz CT molecular complexity index is 787. The molecule has 1 saturated heterocycles. The largest absolute Gasteiger partial charge is 0.389 e. The minimum Gasteiger partial charge on any atom is -0.389 e. The van der Waals surface area contributed by atoms with Crippen molar-refractivity contribution in [2.24, 2.45) is 5.92 Å². The number of aromatic nitrogens is 1. The normalized spacial score (nSPS) is 26.6. The Morgan fingerprint density at radius 1 is 1.28 bits per heavy atom. The minimum atomic E-state index is -0.552. The third kappa shape index (κ3) is 3.17. The minimum absolute atomic E-state index is 0.130. The summed E-state index contributed by atoms with van der Waals surface area (Å²) < 4.78 is 15.4. The van der Waals surface area contributed by atoms with E-state index in [-0.39, 0.29) is 17.6 Å². The molecule has 1 aliphatic carbocycles. The lowest BCUT2D eigenvalue weighted by Crippen LogP contribution is -2.54. The van der Waals surface area contributed by atoms with E-state index in [1.165, 1.54) is 12.1 Å². The first-order valence-corrected chi connectivity index (χ1v) is 9.30. The van der Waals surface area contributed by atoms with Crippen LogP contribution in [-0.2, 0) is 11.3 Å². The highest BCUT2D eigenvalue weighted by Gasteiger charge is 2.43. The number of halogens is 1. The zero-order valence-corrected chi connectivity index (χ0v) is 14.5. The number of amides is 1. The van der Waals surface area contributed by atoms with Crippen molar-refractivity contribution in [2.45, 2.75) is 50.7 Å². The molecular weight excluding hydrogens is 319 g/mol.